The monoisotopic (exact) mass is 296 g/mol. The Hall–Kier alpha value is -1.82. The van der Waals surface area contributed by atoms with Crippen LogP contribution in [0.3, 0.4) is 0 Å². The molecule has 0 aromatic heterocycles. The molecule has 1 aliphatic carbocycles. The van der Waals surface area contributed by atoms with Crippen molar-refractivity contribution in [2.45, 2.75) is 18.9 Å². The number of carbonyl (C=O) groups is 1. The van der Waals surface area contributed by atoms with Gasteiger partial charge in [0.05, 0.1) is 12.4 Å². The SMILES string of the molecule is CS(=O)(=O)OC(CC(=O)C=[N+]=[N-])CC1C=CC=CC=C1. The van der Waals surface area contributed by atoms with Crippen LogP contribution in [0.25, 0.3) is 5.53 Å². The lowest BCUT2D eigenvalue weighted by Crippen LogP contribution is -2.24. The summed E-state index contributed by atoms with van der Waals surface area (Å²) in [5, 5.41) is 0. The number of nitrogens with zero attached hydrogens (tertiary/aromatic N) is 2. The molecule has 1 atom stereocenters. The van der Waals surface area contributed by atoms with Gasteiger partial charge in [0.2, 0.25) is 5.78 Å². The van der Waals surface area contributed by atoms with E-state index < -0.39 is 22.0 Å². The lowest BCUT2D eigenvalue weighted by Gasteiger charge is -2.17. The molecule has 1 unspecified atom stereocenters. The lowest BCUT2D eigenvalue weighted by atomic mass is 9.98. The first-order chi connectivity index (χ1) is 9.40. The third-order valence-electron chi connectivity index (χ3n) is 2.53. The van der Waals surface area contributed by atoms with E-state index in [4.69, 9.17) is 9.71 Å². The van der Waals surface area contributed by atoms with Crippen LogP contribution in [0, 0.1) is 5.92 Å². The van der Waals surface area contributed by atoms with Gasteiger partial charge in [-0.25, -0.2) is 0 Å². The van der Waals surface area contributed by atoms with E-state index in [2.05, 4.69) is 4.79 Å². The number of allylic oxidation sites excluding steroid dienone is 6. The maximum Gasteiger partial charge on any atom is 0.323 e. The highest BCUT2D eigenvalue weighted by Crippen LogP contribution is 2.18. The molecule has 0 aromatic rings. The van der Waals surface area contributed by atoms with Gasteiger partial charge in [0.25, 0.3) is 10.1 Å². The Morgan fingerprint density at radius 1 is 1.35 bits per heavy atom. The molecule has 0 aromatic carbocycles. The van der Waals surface area contributed by atoms with Gasteiger partial charge in [-0.05, 0) is 12.3 Å². The molecule has 0 saturated heterocycles. The minimum absolute atomic E-state index is 0.0318. The molecule has 0 bridgehead atoms. The quantitative estimate of drug-likeness (QED) is 0.306. The minimum Gasteiger partial charge on any atom is -0.361 e. The zero-order chi connectivity index (χ0) is 15.0. The highest BCUT2D eigenvalue weighted by Gasteiger charge is 2.22. The van der Waals surface area contributed by atoms with E-state index in [1.807, 2.05) is 36.5 Å². The van der Waals surface area contributed by atoms with Crippen LogP contribution < -0.4 is 0 Å². The van der Waals surface area contributed by atoms with Gasteiger partial charge in [0.1, 0.15) is 0 Å². The third kappa shape index (κ3) is 6.94. The molecule has 0 saturated carbocycles. The van der Waals surface area contributed by atoms with Crippen molar-refractivity contribution in [2.24, 2.45) is 5.92 Å². The molecule has 108 valence electrons. The van der Waals surface area contributed by atoms with Gasteiger partial charge >= 0.3 is 6.21 Å². The molecule has 0 radical (unpaired) electrons. The molecule has 0 spiro atoms. The van der Waals surface area contributed by atoms with Gasteiger partial charge in [0, 0.05) is 6.42 Å². The summed E-state index contributed by atoms with van der Waals surface area (Å²) in [6, 6.07) is 0. The summed E-state index contributed by atoms with van der Waals surface area (Å²) >= 11 is 0. The number of ketones is 1. The van der Waals surface area contributed by atoms with Gasteiger partial charge in [-0.15, -0.1) is 0 Å². The molecule has 0 fully saturated rings. The van der Waals surface area contributed by atoms with E-state index in [-0.39, 0.29) is 12.3 Å². The second-order valence-electron chi connectivity index (χ2n) is 4.39. The summed E-state index contributed by atoms with van der Waals surface area (Å²) in [4.78, 5) is 14.0. The summed E-state index contributed by atoms with van der Waals surface area (Å²) < 4.78 is 27.4. The molecular weight excluding hydrogens is 280 g/mol. The molecular formula is C13H16N2O4S. The Bertz CT molecular complexity index is 567. The Kier molecular flexibility index (Phi) is 6.24. The fraction of sp³-hybridized carbons (Fsp3) is 0.385. The summed E-state index contributed by atoms with van der Waals surface area (Å²) in [7, 11) is -3.67. The van der Waals surface area contributed by atoms with Gasteiger partial charge in [0.15, 0.2) is 0 Å². The smallest absolute Gasteiger partial charge is 0.323 e. The van der Waals surface area contributed by atoms with Crippen molar-refractivity contribution in [1.29, 1.82) is 0 Å². The van der Waals surface area contributed by atoms with E-state index in [0.29, 0.717) is 6.42 Å². The van der Waals surface area contributed by atoms with Crippen LogP contribution in [0.4, 0.5) is 0 Å². The molecule has 1 rings (SSSR count). The molecule has 20 heavy (non-hydrogen) atoms. The number of rotatable bonds is 7. The largest absolute Gasteiger partial charge is 0.361 e. The van der Waals surface area contributed by atoms with Gasteiger partial charge in [-0.2, -0.15) is 13.2 Å². The zero-order valence-corrected chi connectivity index (χ0v) is 11.9. The first-order valence-corrected chi connectivity index (χ1v) is 7.82. The number of carbonyl (C=O) groups excluding carboxylic acids is 1. The predicted octanol–water partition coefficient (Wildman–Crippen LogP) is 1.28. The normalized spacial score (nSPS) is 16.4. The Balaban J connectivity index is 2.76. The standard InChI is InChI=1S/C13H16N2O4S/c1-20(17,18)19-13(9-12(16)10-15-14)8-11-6-4-2-3-5-7-11/h2-7,10-11,13H,8-9H2,1H3. The van der Waals surface area contributed by atoms with Gasteiger partial charge in [-0.3, -0.25) is 8.98 Å². The first kappa shape index (κ1) is 16.2. The van der Waals surface area contributed by atoms with Crippen molar-refractivity contribution in [1.82, 2.24) is 0 Å². The summed E-state index contributed by atoms with van der Waals surface area (Å²) in [5.41, 5.74) is 8.30. The number of Topliss-reactive ketones (excluding diaryl/α,β-unsaturated/α-hetero) is 1. The average Bonchev–Trinajstić information content (AvgIpc) is 2.55. The van der Waals surface area contributed by atoms with Crippen LogP contribution in [-0.4, -0.2) is 37.6 Å². The molecule has 0 aliphatic heterocycles. The fourth-order valence-corrected chi connectivity index (χ4v) is 2.45. The van der Waals surface area contributed by atoms with Gasteiger partial charge in [-0.1, -0.05) is 36.5 Å². The van der Waals surface area contributed by atoms with Gasteiger partial charge < -0.3 is 5.53 Å². The summed E-state index contributed by atoms with van der Waals surface area (Å²) in [6.07, 6.45) is 12.2. The topological polar surface area (TPSA) is 96.8 Å². The van der Waals surface area contributed by atoms with E-state index >= 15 is 0 Å². The lowest BCUT2D eigenvalue weighted by molar-refractivity contribution is -0.117. The van der Waals surface area contributed by atoms with Crippen LogP contribution in [-0.2, 0) is 19.1 Å². The van der Waals surface area contributed by atoms with Crippen molar-refractivity contribution in [2.75, 3.05) is 6.26 Å². The van der Waals surface area contributed by atoms with E-state index in [9.17, 15) is 13.2 Å². The molecule has 1 aliphatic rings. The number of hydrogen-bond acceptors (Lipinski definition) is 4. The summed E-state index contributed by atoms with van der Waals surface area (Å²) in [5.74, 6) is -0.531. The first-order valence-electron chi connectivity index (χ1n) is 6.01. The summed E-state index contributed by atoms with van der Waals surface area (Å²) in [6.45, 7) is 0. The van der Waals surface area contributed by atoms with Crippen molar-refractivity contribution < 1.29 is 22.2 Å². The molecule has 0 heterocycles. The van der Waals surface area contributed by atoms with Crippen molar-refractivity contribution in [3.05, 3.63) is 42.0 Å². The van der Waals surface area contributed by atoms with Crippen molar-refractivity contribution >= 4 is 22.1 Å². The zero-order valence-electron chi connectivity index (χ0n) is 11.0. The van der Waals surface area contributed by atoms with E-state index in [1.54, 1.807) is 0 Å². The molecule has 0 N–H and O–H groups in total. The van der Waals surface area contributed by atoms with E-state index in [0.717, 1.165) is 12.5 Å². The second kappa shape index (κ2) is 7.69. The maximum absolute atomic E-state index is 11.4. The van der Waals surface area contributed by atoms with Crippen LogP contribution >= 0.6 is 0 Å². The Morgan fingerprint density at radius 2 is 1.95 bits per heavy atom. The Morgan fingerprint density at radius 3 is 2.45 bits per heavy atom. The maximum atomic E-state index is 11.4. The van der Waals surface area contributed by atoms with Crippen LogP contribution in [0.1, 0.15) is 12.8 Å². The van der Waals surface area contributed by atoms with Crippen molar-refractivity contribution in [3.8, 4) is 0 Å². The molecule has 0 amide bonds. The highest BCUT2D eigenvalue weighted by atomic mass is 32.2. The van der Waals surface area contributed by atoms with E-state index in [1.165, 1.54) is 0 Å². The second-order valence-corrected chi connectivity index (χ2v) is 5.99. The minimum atomic E-state index is -3.67. The van der Waals surface area contributed by atoms with Crippen LogP contribution in [0.2, 0.25) is 0 Å². The third-order valence-corrected chi connectivity index (χ3v) is 3.15. The highest BCUT2D eigenvalue weighted by molar-refractivity contribution is 7.86. The molecule has 7 heteroatoms. The molecule has 6 nitrogen and oxygen atoms in total. The predicted molar refractivity (Wildman–Crippen MR) is 74.6 cm³/mol. The number of hydrogen-bond donors (Lipinski definition) is 0. The fourth-order valence-electron chi connectivity index (χ4n) is 1.81. The van der Waals surface area contributed by atoms with Crippen LogP contribution in [0.15, 0.2) is 36.5 Å². The Labute approximate surface area is 118 Å². The average molecular weight is 296 g/mol. The van der Waals surface area contributed by atoms with Crippen LogP contribution in [0.5, 0.6) is 0 Å². The van der Waals surface area contributed by atoms with Crippen molar-refractivity contribution in [3.63, 3.8) is 0 Å².